The number of rotatable bonds is 2. The summed E-state index contributed by atoms with van der Waals surface area (Å²) >= 11 is 0. The lowest BCUT2D eigenvalue weighted by Crippen LogP contribution is -2.11. The number of benzene rings is 2. The lowest BCUT2D eigenvalue weighted by Gasteiger charge is -2.03. The number of primary sulfonamides is 1. The van der Waals surface area contributed by atoms with Crippen LogP contribution in [0.4, 0.5) is 11.4 Å². The van der Waals surface area contributed by atoms with Gasteiger partial charge in [0, 0.05) is 12.1 Å². The van der Waals surface area contributed by atoms with E-state index in [9.17, 15) is 8.42 Å². The van der Waals surface area contributed by atoms with E-state index in [0.717, 1.165) is 28.1 Å². The highest BCUT2D eigenvalue weighted by atomic mass is 32.2. The van der Waals surface area contributed by atoms with Crippen molar-refractivity contribution in [3.05, 3.63) is 53.6 Å². The average molecular weight is 301 g/mol. The zero-order valence-electron chi connectivity index (χ0n) is 11.2. The predicted octanol–water partition coefficient (Wildman–Crippen LogP) is 1.88. The maximum atomic E-state index is 11.2. The van der Waals surface area contributed by atoms with Gasteiger partial charge in [0.25, 0.3) is 0 Å². The zero-order chi connectivity index (χ0) is 15.0. The number of anilines is 2. The third-order valence-electron chi connectivity index (χ3n) is 3.45. The number of nitrogens with two attached hydrogens (primary N) is 2. The lowest BCUT2D eigenvalue weighted by molar-refractivity contribution is 0.598. The molecule has 0 bridgehead atoms. The van der Waals surface area contributed by atoms with Gasteiger partial charge in [-0.25, -0.2) is 13.6 Å². The van der Waals surface area contributed by atoms with Crippen LogP contribution < -0.4 is 16.2 Å². The van der Waals surface area contributed by atoms with Gasteiger partial charge in [-0.15, -0.1) is 0 Å². The Morgan fingerprint density at radius 3 is 2.48 bits per heavy atom. The minimum Gasteiger partial charge on any atom is -0.397 e. The van der Waals surface area contributed by atoms with E-state index in [1.165, 1.54) is 12.1 Å². The summed E-state index contributed by atoms with van der Waals surface area (Å²) in [6.45, 7) is 0.695. The van der Waals surface area contributed by atoms with Crippen LogP contribution >= 0.6 is 0 Å². The van der Waals surface area contributed by atoms with Crippen LogP contribution in [0.25, 0.3) is 11.6 Å². The Balaban J connectivity index is 1.96. The van der Waals surface area contributed by atoms with Crippen LogP contribution in [-0.4, -0.2) is 15.0 Å². The Bertz CT molecular complexity index is 824. The van der Waals surface area contributed by atoms with E-state index in [1.807, 2.05) is 24.3 Å². The number of nitrogens with one attached hydrogen (secondary N) is 1. The Morgan fingerprint density at radius 1 is 1.10 bits per heavy atom. The van der Waals surface area contributed by atoms with E-state index in [1.54, 1.807) is 12.1 Å². The fourth-order valence-corrected chi connectivity index (χ4v) is 2.91. The average Bonchev–Trinajstić information content (AvgIpc) is 2.83. The van der Waals surface area contributed by atoms with Gasteiger partial charge in [0.15, 0.2) is 0 Å². The highest BCUT2D eigenvalue weighted by Crippen LogP contribution is 2.35. The van der Waals surface area contributed by atoms with Gasteiger partial charge in [-0.3, -0.25) is 0 Å². The monoisotopic (exact) mass is 301 g/mol. The van der Waals surface area contributed by atoms with Crippen LogP contribution in [0.15, 0.2) is 47.4 Å². The van der Waals surface area contributed by atoms with Crippen molar-refractivity contribution in [2.24, 2.45) is 5.14 Å². The molecule has 1 aliphatic heterocycles. The molecule has 108 valence electrons. The molecule has 1 heterocycles. The van der Waals surface area contributed by atoms with Crippen molar-refractivity contribution in [3.63, 3.8) is 0 Å². The molecule has 0 atom stereocenters. The summed E-state index contributed by atoms with van der Waals surface area (Å²) < 4.78 is 22.5. The summed E-state index contributed by atoms with van der Waals surface area (Å²) in [4.78, 5) is 0.110. The van der Waals surface area contributed by atoms with Crippen LogP contribution in [0, 0.1) is 0 Å². The first-order valence-electron chi connectivity index (χ1n) is 6.41. The quantitative estimate of drug-likeness (QED) is 0.738. The van der Waals surface area contributed by atoms with Crippen molar-refractivity contribution < 1.29 is 8.42 Å². The molecule has 0 amide bonds. The second kappa shape index (κ2) is 4.91. The molecule has 2 aromatic rings. The van der Waals surface area contributed by atoms with Gasteiger partial charge in [-0.1, -0.05) is 24.3 Å². The first-order chi connectivity index (χ1) is 9.95. The van der Waals surface area contributed by atoms with Crippen molar-refractivity contribution in [2.75, 3.05) is 17.6 Å². The van der Waals surface area contributed by atoms with Crippen molar-refractivity contribution in [3.8, 4) is 0 Å². The topological polar surface area (TPSA) is 98.2 Å². The molecule has 3 rings (SSSR count). The molecule has 2 aromatic carbocycles. The second-order valence-electron chi connectivity index (χ2n) is 4.91. The van der Waals surface area contributed by atoms with Gasteiger partial charge < -0.3 is 11.1 Å². The first kappa shape index (κ1) is 13.7. The Kier molecular flexibility index (Phi) is 3.19. The fourth-order valence-electron chi connectivity index (χ4n) is 2.40. The normalized spacial score (nSPS) is 15.8. The van der Waals surface area contributed by atoms with Crippen LogP contribution in [-0.2, 0) is 10.0 Å². The number of sulfonamides is 1. The standard InChI is InChI=1S/C15H15N3O2S/c16-14-3-1-2-13-11(9-18-15(13)14)8-10-4-6-12(7-5-10)21(17,19)20/h1-8,18H,9,16H2,(H2,17,19,20). The molecule has 0 aromatic heterocycles. The molecule has 0 saturated carbocycles. The summed E-state index contributed by atoms with van der Waals surface area (Å²) in [5.74, 6) is 0. The van der Waals surface area contributed by atoms with Gasteiger partial charge >= 0.3 is 0 Å². The smallest absolute Gasteiger partial charge is 0.238 e. The van der Waals surface area contributed by atoms with Crippen LogP contribution in [0.3, 0.4) is 0 Å². The third-order valence-corrected chi connectivity index (χ3v) is 4.38. The number of hydrogen-bond donors (Lipinski definition) is 3. The van der Waals surface area contributed by atoms with Gasteiger partial charge in [-0.2, -0.15) is 0 Å². The van der Waals surface area contributed by atoms with Gasteiger partial charge in [0.1, 0.15) is 0 Å². The molecule has 0 fully saturated rings. The molecule has 0 radical (unpaired) electrons. The van der Waals surface area contributed by atoms with E-state index in [0.29, 0.717) is 6.54 Å². The molecular formula is C15H15N3O2S. The Morgan fingerprint density at radius 2 is 1.81 bits per heavy atom. The highest BCUT2D eigenvalue weighted by Gasteiger charge is 2.17. The van der Waals surface area contributed by atoms with Crippen LogP contribution in [0.2, 0.25) is 0 Å². The van der Waals surface area contributed by atoms with Crippen molar-refractivity contribution in [2.45, 2.75) is 4.90 Å². The summed E-state index contributed by atoms with van der Waals surface area (Å²) in [5.41, 5.74) is 10.7. The first-order valence-corrected chi connectivity index (χ1v) is 7.96. The molecule has 6 heteroatoms. The maximum Gasteiger partial charge on any atom is 0.238 e. The zero-order valence-corrected chi connectivity index (χ0v) is 12.0. The minimum absolute atomic E-state index is 0.110. The third kappa shape index (κ3) is 2.63. The summed E-state index contributed by atoms with van der Waals surface area (Å²) in [7, 11) is -3.65. The number of hydrogen-bond acceptors (Lipinski definition) is 4. The SMILES string of the molecule is Nc1cccc2c1NCC2=Cc1ccc(S(N)(=O)=O)cc1. The molecule has 0 aliphatic carbocycles. The molecular weight excluding hydrogens is 286 g/mol. The molecule has 0 unspecified atom stereocenters. The largest absolute Gasteiger partial charge is 0.397 e. The van der Waals surface area contributed by atoms with Gasteiger partial charge in [-0.05, 0) is 35.4 Å². The summed E-state index contributed by atoms with van der Waals surface area (Å²) in [5, 5.41) is 8.35. The van der Waals surface area contributed by atoms with E-state index < -0.39 is 10.0 Å². The number of para-hydroxylation sites is 1. The van der Waals surface area contributed by atoms with E-state index >= 15 is 0 Å². The van der Waals surface area contributed by atoms with E-state index in [-0.39, 0.29) is 4.90 Å². The molecule has 0 spiro atoms. The molecule has 5 nitrogen and oxygen atoms in total. The lowest BCUT2D eigenvalue weighted by atomic mass is 10.0. The number of fused-ring (bicyclic) bond motifs is 1. The van der Waals surface area contributed by atoms with E-state index in [4.69, 9.17) is 10.9 Å². The fraction of sp³-hybridized carbons (Fsp3) is 0.0667. The maximum absolute atomic E-state index is 11.2. The second-order valence-corrected chi connectivity index (χ2v) is 6.47. The van der Waals surface area contributed by atoms with Crippen molar-refractivity contribution >= 4 is 33.0 Å². The van der Waals surface area contributed by atoms with Gasteiger partial charge in [0.05, 0.1) is 16.3 Å². The molecule has 5 N–H and O–H groups in total. The molecule has 21 heavy (non-hydrogen) atoms. The molecule has 0 saturated heterocycles. The molecule has 1 aliphatic rings. The van der Waals surface area contributed by atoms with Crippen LogP contribution in [0.1, 0.15) is 11.1 Å². The summed E-state index contributed by atoms with van der Waals surface area (Å²) in [6.07, 6.45) is 2.01. The van der Waals surface area contributed by atoms with Crippen molar-refractivity contribution in [1.82, 2.24) is 0 Å². The van der Waals surface area contributed by atoms with E-state index in [2.05, 4.69) is 5.32 Å². The Hall–Kier alpha value is -2.31. The highest BCUT2D eigenvalue weighted by molar-refractivity contribution is 7.89. The minimum atomic E-state index is -3.65. The van der Waals surface area contributed by atoms with Gasteiger partial charge in [0.2, 0.25) is 10.0 Å². The predicted molar refractivity (Wildman–Crippen MR) is 85.0 cm³/mol. The number of nitrogen functional groups attached to an aromatic ring is 1. The van der Waals surface area contributed by atoms with Crippen LogP contribution in [0.5, 0.6) is 0 Å². The Labute approximate surface area is 123 Å². The summed E-state index contributed by atoms with van der Waals surface area (Å²) in [6, 6.07) is 12.3. The van der Waals surface area contributed by atoms with Crippen molar-refractivity contribution in [1.29, 1.82) is 0 Å².